The van der Waals surface area contributed by atoms with Crippen molar-refractivity contribution in [2.24, 2.45) is 0 Å². The SMILES string of the molecule is COc1ccc(-c2nn(-c3ccccc3Cl)c(-c3ccc(OC)cc3)c2Cl)cc1. The molecule has 0 saturated heterocycles. The maximum absolute atomic E-state index is 6.86. The molecule has 4 aromatic rings. The normalized spacial score (nSPS) is 10.8. The Morgan fingerprint density at radius 2 is 1.28 bits per heavy atom. The Morgan fingerprint density at radius 1 is 0.724 bits per heavy atom. The Bertz CT molecular complexity index is 1140. The third kappa shape index (κ3) is 3.69. The van der Waals surface area contributed by atoms with Gasteiger partial charge in [-0.1, -0.05) is 35.3 Å². The molecule has 0 bridgehead atoms. The molecule has 0 N–H and O–H groups in total. The zero-order valence-electron chi connectivity index (χ0n) is 15.9. The summed E-state index contributed by atoms with van der Waals surface area (Å²) in [7, 11) is 3.27. The van der Waals surface area contributed by atoms with Crippen LogP contribution in [-0.2, 0) is 0 Å². The molecule has 4 nitrogen and oxygen atoms in total. The molecule has 0 fully saturated rings. The van der Waals surface area contributed by atoms with Crippen molar-refractivity contribution in [2.45, 2.75) is 0 Å². The summed E-state index contributed by atoms with van der Waals surface area (Å²) >= 11 is 13.3. The van der Waals surface area contributed by atoms with Crippen LogP contribution in [0.25, 0.3) is 28.2 Å². The van der Waals surface area contributed by atoms with Gasteiger partial charge in [0, 0.05) is 11.1 Å². The molecule has 0 saturated carbocycles. The molecule has 0 spiro atoms. The van der Waals surface area contributed by atoms with Crippen LogP contribution in [0.4, 0.5) is 0 Å². The fourth-order valence-corrected chi connectivity index (χ4v) is 3.68. The molecule has 6 heteroatoms. The summed E-state index contributed by atoms with van der Waals surface area (Å²) in [5.74, 6) is 1.54. The second kappa shape index (κ2) is 8.19. The quantitative estimate of drug-likeness (QED) is 0.365. The second-order valence-electron chi connectivity index (χ2n) is 6.33. The summed E-state index contributed by atoms with van der Waals surface area (Å²) in [5.41, 5.74) is 3.97. The molecule has 0 aliphatic rings. The van der Waals surface area contributed by atoms with E-state index in [0.29, 0.717) is 15.7 Å². The predicted molar refractivity (Wildman–Crippen MR) is 118 cm³/mol. The number of para-hydroxylation sites is 1. The molecule has 0 aliphatic carbocycles. The van der Waals surface area contributed by atoms with Crippen molar-refractivity contribution in [3.63, 3.8) is 0 Å². The number of hydrogen-bond acceptors (Lipinski definition) is 3. The van der Waals surface area contributed by atoms with Crippen LogP contribution in [0.2, 0.25) is 10.0 Å². The first-order valence-electron chi connectivity index (χ1n) is 8.94. The fraction of sp³-hybridized carbons (Fsp3) is 0.0870. The summed E-state index contributed by atoms with van der Waals surface area (Å²) in [5, 5.41) is 5.94. The zero-order chi connectivity index (χ0) is 20.4. The van der Waals surface area contributed by atoms with Crippen molar-refractivity contribution < 1.29 is 9.47 Å². The van der Waals surface area contributed by atoms with Gasteiger partial charge in [0.2, 0.25) is 0 Å². The van der Waals surface area contributed by atoms with Crippen LogP contribution >= 0.6 is 23.2 Å². The largest absolute Gasteiger partial charge is 0.497 e. The minimum atomic E-state index is 0.542. The van der Waals surface area contributed by atoms with Crippen LogP contribution in [-0.4, -0.2) is 24.0 Å². The van der Waals surface area contributed by atoms with E-state index in [9.17, 15) is 0 Å². The van der Waals surface area contributed by atoms with Gasteiger partial charge in [0.15, 0.2) is 0 Å². The molecular formula is C23H18Cl2N2O2. The number of ether oxygens (including phenoxy) is 2. The Morgan fingerprint density at radius 3 is 1.83 bits per heavy atom. The van der Waals surface area contributed by atoms with Gasteiger partial charge in [-0.25, -0.2) is 4.68 Å². The van der Waals surface area contributed by atoms with Crippen LogP contribution in [0.15, 0.2) is 72.8 Å². The van der Waals surface area contributed by atoms with E-state index in [2.05, 4.69) is 0 Å². The van der Waals surface area contributed by atoms with Gasteiger partial charge >= 0.3 is 0 Å². The van der Waals surface area contributed by atoms with E-state index < -0.39 is 0 Å². The molecule has 0 atom stereocenters. The fourth-order valence-electron chi connectivity index (χ4n) is 3.13. The molecule has 0 radical (unpaired) electrons. The van der Waals surface area contributed by atoms with E-state index in [1.165, 1.54) is 0 Å². The standard InChI is InChI=1S/C23H18Cl2N2O2/c1-28-17-11-7-15(8-12-17)22-21(25)23(16-9-13-18(29-2)14-10-16)27(26-22)20-6-4-3-5-19(20)24/h3-14H,1-2H3. The average Bonchev–Trinajstić information content (AvgIpc) is 3.11. The van der Waals surface area contributed by atoms with Gasteiger partial charge in [-0.05, 0) is 60.7 Å². The number of nitrogens with zero attached hydrogens (tertiary/aromatic N) is 2. The van der Waals surface area contributed by atoms with Crippen molar-refractivity contribution >= 4 is 23.2 Å². The monoisotopic (exact) mass is 424 g/mol. The van der Waals surface area contributed by atoms with Gasteiger partial charge in [-0.15, -0.1) is 0 Å². The lowest BCUT2D eigenvalue weighted by molar-refractivity contribution is 0.414. The van der Waals surface area contributed by atoms with Gasteiger partial charge in [-0.2, -0.15) is 5.10 Å². The number of hydrogen-bond donors (Lipinski definition) is 0. The molecular weight excluding hydrogens is 407 g/mol. The van der Waals surface area contributed by atoms with E-state index in [1.54, 1.807) is 18.9 Å². The Kier molecular flexibility index (Phi) is 5.47. The maximum Gasteiger partial charge on any atom is 0.118 e. The molecule has 0 aliphatic heterocycles. The average molecular weight is 425 g/mol. The van der Waals surface area contributed by atoms with Crippen LogP contribution in [0.1, 0.15) is 0 Å². The molecule has 4 rings (SSSR count). The highest BCUT2D eigenvalue weighted by atomic mass is 35.5. The van der Waals surface area contributed by atoms with Gasteiger partial charge in [0.05, 0.1) is 35.6 Å². The Hall–Kier alpha value is -2.95. The van der Waals surface area contributed by atoms with Gasteiger partial charge < -0.3 is 9.47 Å². The van der Waals surface area contributed by atoms with Crippen molar-refractivity contribution in [1.82, 2.24) is 9.78 Å². The van der Waals surface area contributed by atoms with Crippen molar-refractivity contribution in [1.29, 1.82) is 0 Å². The topological polar surface area (TPSA) is 36.3 Å². The van der Waals surface area contributed by atoms with E-state index in [-0.39, 0.29) is 0 Å². The van der Waals surface area contributed by atoms with Crippen LogP contribution < -0.4 is 9.47 Å². The zero-order valence-corrected chi connectivity index (χ0v) is 17.4. The van der Waals surface area contributed by atoms with E-state index in [1.807, 2.05) is 72.8 Å². The summed E-state index contributed by atoms with van der Waals surface area (Å²) < 4.78 is 12.3. The number of methoxy groups -OCH3 is 2. The van der Waals surface area contributed by atoms with Gasteiger partial charge in [0.25, 0.3) is 0 Å². The third-order valence-electron chi connectivity index (χ3n) is 4.64. The molecule has 3 aromatic carbocycles. The molecule has 1 heterocycles. The maximum atomic E-state index is 6.86. The Labute approximate surface area is 179 Å². The lowest BCUT2D eigenvalue weighted by atomic mass is 10.1. The minimum absolute atomic E-state index is 0.542. The van der Waals surface area contributed by atoms with E-state index in [4.69, 9.17) is 37.8 Å². The number of rotatable bonds is 5. The Balaban J connectivity index is 1.93. The van der Waals surface area contributed by atoms with Crippen molar-refractivity contribution in [3.05, 3.63) is 82.8 Å². The summed E-state index contributed by atoms with van der Waals surface area (Å²) in [6.07, 6.45) is 0. The highest BCUT2D eigenvalue weighted by Gasteiger charge is 2.21. The highest BCUT2D eigenvalue weighted by Crippen LogP contribution is 2.39. The second-order valence-corrected chi connectivity index (χ2v) is 7.12. The number of aromatic nitrogens is 2. The van der Waals surface area contributed by atoms with Crippen molar-refractivity contribution in [2.75, 3.05) is 14.2 Å². The predicted octanol–water partition coefficient (Wildman–Crippen LogP) is 6.53. The van der Waals surface area contributed by atoms with Crippen LogP contribution in [0.5, 0.6) is 11.5 Å². The lowest BCUT2D eigenvalue weighted by Gasteiger charge is -2.10. The van der Waals surface area contributed by atoms with Gasteiger partial charge in [-0.3, -0.25) is 0 Å². The van der Waals surface area contributed by atoms with Gasteiger partial charge in [0.1, 0.15) is 17.2 Å². The highest BCUT2D eigenvalue weighted by molar-refractivity contribution is 6.36. The molecule has 0 amide bonds. The molecule has 29 heavy (non-hydrogen) atoms. The third-order valence-corrected chi connectivity index (χ3v) is 5.31. The molecule has 146 valence electrons. The first-order chi connectivity index (χ1) is 14.1. The number of halogens is 2. The lowest BCUT2D eigenvalue weighted by Crippen LogP contribution is -2.00. The minimum Gasteiger partial charge on any atom is -0.497 e. The smallest absolute Gasteiger partial charge is 0.118 e. The van der Waals surface area contributed by atoms with Crippen molar-refractivity contribution in [3.8, 4) is 39.7 Å². The van der Waals surface area contributed by atoms with E-state index in [0.717, 1.165) is 34.0 Å². The van der Waals surface area contributed by atoms with Crippen LogP contribution in [0.3, 0.4) is 0 Å². The number of benzene rings is 3. The van der Waals surface area contributed by atoms with E-state index >= 15 is 0 Å². The summed E-state index contributed by atoms with van der Waals surface area (Å²) in [6, 6.07) is 22.9. The summed E-state index contributed by atoms with van der Waals surface area (Å²) in [6.45, 7) is 0. The molecule has 0 unspecified atom stereocenters. The first-order valence-corrected chi connectivity index (χ1v) is 9.70. The summed E-state index contributed by atoms with van der Waals surface area (Å²) in [4.78, 5) is 0. The molecule has 1 aromatic heterocycles. The first kappa shape index (κ1) is 19.4. The van der Waals surface area contributed by atoms with Crippen LogP contribution in [0, 0.1) is 0 Å².